The number of nitrogens with zero attached hydrogens (tertiary/aromatic N) is 2. The molecule has 0 spiro atoms. The number of hydrogen-bond acceptors (Lipinski definition) is 5. The molecule has 49 heavy (non-hydrogen) atoms. The van der Waals surface area contributed by atoms with Crippen molar-refractivity contribution >= 4 is 41.1 Å². The standard InChI is InChI=1S/C19H18P.C11H19NO2.C10H17NO3.BrH/c1-20(17-11-5-2-6-12-17,18-13-7-3-8-14-18)19-15-9-4-10-16-19;1-9-6-5-7-12(8-9)10(13)14-11(2,3)4;1-10(2,3)14-9(13)11-6-4-5-8(12)7-11;/h2-16H,1H3;1,5-8H2,2-4H3;4-7H2,1-3H3;1H/q+1;;;/p-1. The van der Waals surface area contributed by atoms with Gasteiger partial charge in [0.25, 0.3) is 0 Å². The van der Waals surface area contributed by atoms with Gasteiger partial charge in [-0.25, -0.2) is 9.59 Å². The second kappa shape index (κ2) is 19.1. The summed E-state index contributed by atoms with van der Waals surface area (Å²) in [4.78, 5) is 37.4. The van der Waals surface area contributed by atoms with Gasteiger partial charge in [-0.1, -0.05) is 66.7 Å². The number of Topliss-reactive ketones (excluding diaryl/α,β-unsaturated/α-hetero) is 1. The number of ketones is 1. The van der Waals surface area contributed by atoms with Gasteiger partial charge in [0.15, 0.2) is 5.78 Å². The number of likely N-dealkylation sites (tertiary alicyclic amines) is 2. The Bertz CT molecular complexity index is 1340. The fraction of sp³-hybridized carbons (Fsp3) is 0.425. The van der Waals surface area contributed by atoms with Crippen molar-refractivity contribution in [2.24, 2.45) is 0 Å². The molecule has 5 rings (SSSR count). The summed E-state index contributed by atoms with van der Waals surface area (Å²) >= 11 is 0. The van der Waals surface area contributed by atoms with E-state index in [2.05, 4.69) is 104 Å². The molecule has 0 aromatic heterocycles. The average Bonchev–Trinajstić information content (AvgIpc) is 3.05. The lowest BCUT2D eigenvalue weighted by Gasteiger charge is -2.30. The van der Waals surface area contributed by atoms with E-state index in [0.717, 1.165) is 31.4 Å². The Labute approximate surface area is 305 Å². The molecule has 7 nitrogen and oxygen atoms in total. The van der Waals surface area contributed by atoms with Crippen LogP contribution in [0.25, 0.3) is 0 Å². The molecule has 2 fully saturated rings. The van der Waals surface area contributed by atoms with E-state index in [9.17, 15) is 14.4 Å². The second-order valence-electron chi connectivity index (χ2n) is 14.3. The molecule has 9 heteroatoms. The van der Waals surface area contributed by atoms with Crippen molar-refractivity contribution in [2.75, 3.05) is 32.8 Å². The van der Waals surface area contributed by atoms with Crippen molar-refractivity contribution in [3.05, 3.63) is 103 Å². The molecule has 2 aliphatic heterocycles. The third kappa shape index (κ3) is 13.7. The highest BCUT2D eigenvalue weighted by Crippen LogP contribution is 2.51. The van der Waals surface area contributed by atoms with E-state index in [1.165, 1.54) is 20.8 Å². The lowest BCUT2D eigenvalue weighted by molar-refractivity contribution is -0.122. The van der Waals surface area contributed by atoms with Gasteiger partial charge >= 0.3 is 12.2 Å². The molecule has 0 bridgehead atoms. The molecular weight excluding hydrogens is 699 g/mol. The zero-order valence-corrected chi connectivity index (χ0v) is 32.8. The fourth-order valence-corrected chi connectivity index (χ4v) is 8.58. The number of hydrogen-bond donors (Lipinski definition) is 0. The fourth-order valence-electron chi connectivity index (χ4n) is 5.38. The summed E-state index contributed by atoms with van der Waals surface area (Å²) < 4.78 is 10.4. The molecule has 2 saturated heterocycles. The largest absolute Gasteiger partial charge is 1.00 e. The number of rotatable bonds is 3. The molecule has 3 aromatic rings. The highest BCUT2D eigenvalue weighted by atomic mass is 79.9. The van der Waals surface area contributed by atoms with Crippen LogP contribution in [0.4, 0.5) is 9.59 Å². The van der Waals surface area contributed by atoms with Crippen LogP contribution in [-0.4, -0.2) is 71.8 Å². The van der Waals surface area contributed by atoms with E-state index < -0.39 is 18.5 Å². The highest BCUT2D eigenvalue weighted by Gasteiger charge is 2.39. The van der Waals surface area contributed by atoms with E-state index in [-0.39, 0.29) is 41.5 Å². The van der Waals surface area contributed by atoms with Gasteiger partial charge in [-0.3, -0.25) is 4.79 Å². The molecule has 2 amide bonds. The minimum absolute atomic E-state index is 0. The summed E-state index contributed by atoms with van der Waals surface area (Å²) in [6.45, 7) is 19.7. The molecule has 0 N–H and O–H groups in total. The predicted molar refractivity (Wildman–Crippen MR) is 199 cm³/mol. The Kier molecular flexibility index (Phi) is 16.2. The number of halogens is 1. The first-order valence-electron chi connectivity index (χ1n) is 16.8. The van der Waals surface area contributed by atoms with E-state index >= 15 is 0 Å². The van der Waals surface area contributed by atoms with Crippen molar-refractivity contribution in [2.45, 2.75) is 78.4 Å². The van der Waals surface area contributed by atoms with Crippen molar-refractivity contribution in [1.82, 2.24) is 9.80 Å². The quantitative estimate of drug-likeness (QED) is 0.285. The lowest BCUT2D eigenvalue weighted by Crippen LogP contribution is -3.00. The Hall–Kier alpha value is -3.48. The van der Waals surface area contributed by atoms with Gasteiger partial charge in [-0.05, 0) is 97.2 Å². The van der Waals surface area contributed by atoms with Gasteiger partial charge in [0.1, 0.15) is 34.4 Å². The lowest BCUT2D eigenvalue weighted by atomic mass is 10.1. The van der Waals surface area contributed by atoms with Crippen molar-refractivity contribution in [3.8, 4) is 0 Å². The first-order chi connectivity index (χ1) is 22.6. The number of carbonyl (C=O) groups is 3. The van der Waals surface area contributed by atoms with Gasteiger partial charge in [0, 0.05) is 26.1 Å². The average molecular weight is 754 g/mol. The molecule has 2 heterocycles. The Balaban J connectivity index is 0.000000260. The molecule has 266 valence electrons. The summed E-state index contributed by atoms with van der Waals surface area (Å²) in [5, 5.41) is 4.28. The maximum atomic E-state index is 11.6. The number of benzene rings is 3. The van der Waals surface area contributed by atoms with Crippen molar-refractivity contribution in [3.63, 3.8) is 0 Å². The van der Waals surface area contributed by atoms with E-state index in [0.29, 0.717) is 19.5 Å². The Morgan fingerprint density at radius 1 is 0.633 bits per heavy atom. The summed E-state index contributed by atoms with van der Waals surface area (Å²) in [6.07, 6.45) is 2.75. The van der Waals surface area contributed by atoms with Gasteiger partial charge in [0.2, 0.25) is 0 Å². The van der Waals surface area contributed by atoms with Crippen LogP contribution in [0.2, 0.25) is 0 Å². The summed E-state index contributed by atoms with van der Waals surface area (Å²) in [5.74, 6) is 0.113. The van der Waals surface area contributed by atoms with Crippen molar-refractivity contribution < 1.29 is 40.8 Å². The minimum Gasteiger partial charge on any atom is -1.00 e. The van der Waals surface area contributed by atoms with Crippen LogP contribution in [0.5, 0.6) is 0 Å². The van der Waals surface area contributed by atoms with Crippen LogP contribution >= 0.6 is 7.26 Å². The SMILES string of the molecule is C=C1CCCN(C(=O)OC(C)(C)C)C1.CC(C)(C)OC(=O)N1CCCC(=O)C1.C[P+](c1ccccc1)(c1ccccc1)c1ccccc1.[Br-]. The molecule has 0 saturated carbocycles. The van der Waals surface area contributed by atoms with Gasteiger partial charge in [0.05, 0.1) is 13.2 Å². The van der Waals surface area contributed by atoms with Crippen LogP contribution in [0.15, 0.2) is 103 Å². The first-order valence-corrected chi connectivity index (χ1v) is 19.0. The van der Waals surface area contributed by atoms with Crippen LogP contribution in [0.3, 0.4) is 0 Å². The molecule has 0 unspecified atom stereocenters. The van der Waals surface area contributed by atoms with Crippen LogP contribution in [-0.2, 0) is 14.3 Å². The van der Waals surface area contributed by atoms with Gasteiger partial charge < -0.3 is 36.3 Å². The summed E-state index contributed by atoms with van der Waals surface area (Å²) in [6, 6.07) is 32.6. The van der Waals surface area contributed by atoms with Crippen LogP contribution in [0.1, 0.15) is 67.2 Å². The molecule has 2 aliphatic rings. The number of piperidine rings is 2. The molecular formula is C40H54BrN2O5P. The number of carbonyl (C=O) groups excluding carboxylic acids is 3. The summed E-state index contributed by atoms with van der Waals surface area (Å²) in [5.41, 5.74) is 0.218. The molecule has 0 aliphatic carbocycles. The molecule has 0 atom stereocenters. The minimum atomic E-state index is -1.53. The second-order valence-corrected chi connectivity index (χ2v) is 17.9. The predicted octanol–water partition coefficient (Wildman–Crippen LogP) is 4.77. The smallest absolute Gasteiger partial charge is 0.410 e. The maximum absolute atomic E-state index is 11.6. The van der Waals surface area contributed by atoms with E-state index in [1.807, 2.05) is 41.5 Å². The number of amides is 2. The van der Waals surface area contributed by atoms with Gasteiger partial charge in [-0.15, -0.1) is 0 Å². The zero-order valence-electron chi connectivity index (χ0n) is 30.3. The third-order valence-corrected chi connectivity index (χ3v) is 11.7. The Morgan fingerprint density at radius 3 is 1.31 bits per heavy atom. The van der Waals surface area contributed by atoms with E-state index in [4.69, 9.17) is 9.47 Å². The van der Waals surface area contributed by atoms with E-state index in [1.54, 1.807) is 4.90 Å². The monoisotopic (exact) mass is 752 g/mol. The topological polar surface area (TPSA) is 76.2 Å². The third-order valence-electron chi connectivity index (χ3n) is 7.74. The van der Waals surface area contributed by atoms with Gasteiger partial charge in [-0.2, -0.15) is 0 Å². The van der Waals surface area contributed by atoms with Crippen molar-refractivity contribution in [1.29, 1.82) is 0 Å². The molecule has 0 radical (unpaired) electrons. The normalized spacial score (nSPS) is 15.0. The zero-order chi connectivity index (χ0) is 35.4. The van der Waals surface area contributed by atoms with Crippen LogP contribution < -0.4 is 32.9 Å². The first kappa shape index (κ1) is 41.7. The van der Waals surface area contributed by atoms with Crippen LogP contribution in [0, 0.1) is 0 Å². The number of ether oxygens (including phenoxy) is 2. The molecule has 3 aromatic carbocycles. The maximum Gasteiger partial charge on any atom is 0.410 e. The summed E-state index contributed by atoms with van der Waals surface area (Å²) in [7, 11) is -1.53. The highest BCUT2D eigenvalue weighted by molar-refractivity contribution is 7.95. The Morgan fingerprint density at radius 2 is 0.980 bits per heavy atom.